The molecule has 0 unspecified atom stereocenters. The predicted octanol–water partition coefficient (Wildman–Crippen LogP) is 0.452. The second kappa shape index (κ2) is 6.04. The average molecular weight is 253 g/mol. The van der Waals surface area contributed by atoms with Crippen LogP contribution in [0.3, 0.4) is 0 Å². The topological polar surface area (TPSA) is 55.3 Å². The van der Waals surface area contributed by atoms with Crippen molar-refractivity contribution in [1.82, 2.24) is 0 Å². The number of hydrogen-bond donors (Lipinski definition) is 1. The average Bonchev–Trinajstić information content (AvgIpc) is 2.46. The van der Waals surface area contributed by atoms with Crippen LogP contribution in [-0.2, 0) is 0 Å². The first kappa shape index (κ1) is 13.1. The lowest BCUT2D eigenvalue weighted by molar-refractivity contribution is -0.880. The molecule has 1 fully saturated rings. The van der Waals surface area contributed by atoms with E-state index in [0.717, 1.165) is 37.4 Å². The standard InChI is InChI=1S/C15H16N4/c1-18-6-8-19(9-7-18)15-5-3-2-4-14(15)10-13(11-16)12-17/h2-5,10H,6-9H2,1H3/p+1. The molecule has 1 aliphatic rings. The molecular formula is C15H17N4+. The first-order valence-electron chi connectivity index (χ1n) is 6.42. The second-order valence-electron chi connectivity index (χ2n) is 4.78. The Morgan fingerprint density at radius 1 is 1.21 bits per heavy atom. The van der Waals surface area contributed by atoms with Crippen LogP contribution in [0.25, 0.3) is 6.08 Å². The normalized spacial score (nSPS) is 15.4. The molecular weight excluding hydrogens is 236 g/mol. The van der Waals surface area contributed by atoms with Crippen molar-refractivity contribution < 1.29 is 4.90 Å². The van der Waals surface area contributed by atoms with E-state index in [1.54, 1.807) is 11.0 Å². The molecule has 4 nitrogen and oxygen atoms in total. The molecule has 0 bridgehead atoms. The van der Waals surface area contributed by atoms with Gasteiger partial charge in [-0.1, -0.05) is 18.2 Å². The summed E-state index contributed by atoms with van der Waals surface area (Å²) in [6.07, 6.45) is 1.67. The number of nitrogens with one attached hydrogen (secondary N) is 1. The summed E-state index contributed by atoms with van der Waals surface area (Å²) in [5, 5.41) is 17.7. The van der Waals surface area contributed by atoms with E-state index in [1.165, 1.54) is 0 Å². The molecule has 0 aliphatic carbocycles. The van der Waals surface area contributed by atoms with Crippen LogP contribution in [0.4, 0.5) is 5.69 Å². The lowest BCUT2D eigenvalue weighted by Gasteiger charge is -2.32. The van der Waals surface area contributed by atoms with Crippen LogP contribution < -0.4 is 9.80 Å². The molecule has 1 heterocycles. The van der Waals surface area contributed by atoms with Gasteiger partial charge in [0.05, 0.1) is 33.2 Å². The molecule has 0 aromatic heterocycles. The number of nitrogens with zero attached hydrogens (tertiary/aromatic N) is 3. The van der Waals surface area contributed by atoms with E-state index in [0.29, 0.717) is 0 Å². The van der Waals surface area contributed by atoms with Crippen molar-refractivity contribution >= 4 is 11.8 Å². The maximum atomic E-state index is 8.87. The number of hydrogen-bond acceptors (Lipinski definition) is 3. The molecule has 4 heteroatoms. The summed E-state index contributed by atoms with van der Waals surface area (Å²) in [6, 6.07) is 11.8. The van der Waals surface area contributed by atoms with Crippen LogP contribution in [0.5, 0.6) is 0 Å². The van der Waals surface area contributed by atoms with Gasteiger partial charge < -0.3 is 9.80 Å². The van der Waals surface area contributed by atoms with Gasteiger partial charge in [-0.15, -0.1) is 0 Å². The van der Waals surface area contributed by atoms with Crippen molar-refractivity contribution in [3.63, 3.8) is 0 Å². The molecule has 96 valence electrons. The fraction of sp³-hybridized carbons (Fsp3) is 0.333. The monoisotopic (exact) mass is 253 g/mol. The highest BCUT2D eigenvalue weighted by atomic mass is 15.2. The summed E-state index contributed by atoms with van der Waals surface area (Å²) in [6.45, 7) is 4.24. The zero-order valence-electron chi connectivity index (χ0n) is 11.1. The van der Waals surface area contributed by atoms with Gasteiger partial charge in [-0.05, 0) is 17.7 Å². The Kier molecular flexibility index (Phi) is 4.18. The highest BCUT2D eigenvalue weighted by Gasteiger charge is 2.18. The number of likely N-dealkylation sites (N-methyl/N-ethyl adjacent to an activating group) is 1. The van der Waals surface area contributed by atoms with Gasteiger partial charge in [-0.3, -0.25) is 0 Å². The molecule has 0 saturated carbocycles. The molecule has 1 aromatic carbocycles. The highest BCUT2D eigenvalue weighted by molar-refractivity contribution is 5.72. The van der Waals surface area contributed by atoms with Crippen molar-refractivity contribution in [3.05, 3.63) is 35.4 Å². The Morgan fingerprint density at radius 2 is 1.84 bits per heavy atom. The van der Waals surface area contributed by atoms with E-state index in [-0.39, 0.29) is 5.57 Å². The van der Waals surface area contributed by atoms with E-state index < -0.39 is 0 Å². The molecule has 1 aromatic rings. The SMILES string of the molecule is C[NH+]1CCN(c2ccccc2C=C(C#N)C#N)CC1. The first-order chi connectivity index (χ1) is 9.24. The predicted molar refractivity (Wildman–Crippen MR) is 74.5 cm³/mol. The lowest BCUT2D eigenvalue weighted by atomic mass is 10.1. The number of rotatable bonds is 2. The minimum Gasteiger partial charge on any atom is -0.360 e. The van der Waals surface area contributed by atoms with Gasteiger partial charge >= 0.3 is 0 Å². The van der Waals surface area contributed by atoms with E-state index >= 15 is 0 Å². The van der Waals surface area contributed by atoms with E-state index in [9.17, 15) is 0 Å². The molecule has 19 heavy (non-hydrogen) atoms. The van der Waals surface area contributed by atoms with Crippen LogP contribution in [0.2, 0.25) is 0 Å². The molecule has 1 N–H and O–H groups in total. The Labute approximate surface area is 113 Å². The summed E-state index contributed by atoms with van der Waals surface area (Å²) >= 11 is 0. The minimum atomic E-state index is 0.146. The maximum Gasteiger partial charge on any atom is 0.130 e. The van der Waals surface area contributed by atoms with Gasteiger partial charge in [0.15, 0.2) is 0 Å². The van der Waals surface area contributed by atoms with Gasteiger partial charge in [0.2, 0.25) is 0 Å². The second-order valence-corrected chi connectivity index (χ2v) is 4.78. The smallest absolute Gasteiger partial charge is 0.130 e. The minimum absolute atomic E-state index is 0.146. The van der Waals surface area contributed by atoms with Crippen molar-refractivity contribution in [2.24, 2.45) is 0 Å². The summed E-state index contributed by atoms with van der Waals surface area (Å²) in [5.74, 6) is 0. The van der Waals surface area contributed by atoms with Crippen molar-refractivity contribution in [2.45, 2.75) is 0 Å². The summed E-state index contributed by atoms with van der Waals surface area (Å²) in [7, 11) is 2.20. The third kappa shape index (κ3) is 3.13. The number of allylic oxidation sites excluding steroid dienone is 1. The summed E-state index contributed by atoms with van der Waals surface area (Å²) < 4.78 is 0. The molecule has 0 radical (unpaired) electrons. The van der Waals surface area contributed by atoms with Crippen molar-refractivity contribution in [3.8, 4) is 12.1 Å². The Hall–Kier alpha value is -2.30. The Morgan fingerprint density at radius 3 is 2.47 bits per heavy atom. The molecule has 0 spiro atoms. The molecule has 1 aliphatic heterocycles. The highest BCUT2D eigenvalue weighted by Crippen LogP contribution is 2.22. The number of anilines is 1. The van der Waals surface area contributed by atoms with E-state index in [2.05, 4.69) is 18.0 Å². The lowest BCUT2D eigenvalue weighted by Crippen LogP contribution is -3.12. The van der Waals surface area contributed by atoms with E-state index in [1.807, 2.05) is 30.3 Å². The number of benzene rings is 1. The van der Waals surface area contributed by atoms with Crippen LogP contribution in [0.1, 0.15) is 5.56 Å². The van der Waals surface area contributed by atoms with Crippen LogP contribution >= 0.6 is 0 Å². The summed E-state index contributed by atoms with van der Waals surface area (Å²) in [4.78, 5) is 3.87. The van der Waals surface area contributed by atoms with E-state index in [4.69, 9.17) is 10.5 Å². The number of nitriles is 2. The van der Waals surface area contributed by atoms with Gasteiger partial charge in [-0.2, -0.15) is 10.5 Å². The summed E-state index contributed by atoms with van der Waals surface area (Å²) in [5.41, 5.74) is 2.20. The fourth-order valence-electron chi connectivity index (χ4n) is 2.27. The van der Waals surface area contributed by atoms with Gasteiger partial charge in [0.1, 0.15) is 17.7 Å². The van der Waals surface area contributed by atoms with Crippen molar-refractivity contribution in [2.75, 3.05) is 38.1 Å². The number of piperazine rings is 1. The van der Waals surface area contributed by atoms with Gasteiger partial charge in [0, 0.05) is 5.69 Å². The van der Waals surface area contributed by atoms with Crippen LogP contribution in [0, 0.1) is 22.7 Å². The van der Waals surface area contributed by atoms with Crippen LogP contribution in [-0.4, -0.2) is 33.2 Å². The first-order valence-corrected chi connectivity index (χ1v) is 6.42. The third-order valence-electron chi connectivity index (χ3n) is 3.44. The van der Waals surface area contributed by atoms with Gasteiger partial charge in [-0.25, -0.2) is 0 Å². The fourth-order valence-corrected chi connectivity index (χ4v) is 2.27. The Bertz CT molecular complexity index is 538. The zero-order valence-corrected chi connectivity index (χ0v) is 11.1. The van der Waals surface area contributed by atoms with Gasteiger partial charge in [0.25, 0.3) is 0 Å². The zero-order chi connectivity index (χ0) is 13.7. The van der Waals surface area contributed by atoms with Crippen molar-refractivity contribution in [1.29, 1.82) is 10.5 Å². The molecule has 0 atom stereocenters. The molecule has 1 saturated heterocycles. The number of quaternary nitrogens is 1. The third-order valence-corrected chi connectivity index (χ3v) is 3.44. The molecule has 2 rings (SSSR count). The largest absolute Gasteiger partial charge is 0.360 e. The Balaban J connectivity index is 2.30. The quantitative estimate of drug-likeness (QED) is 0.779. The maximum absolute atomic E-state index is 8.87. The number of para-hydroxylation sites is 1. The van der Waals surface area contributed by atoms with Crippen LogP contribution in [0.15, 0.2) is 29.8 Å². The molecule has 0 amide bonds.